The highest BCUT2D eigenvalue weighted by atomic mass is 127. The van der Waals surface area contributed by atoms with Gasteiger partial charge in [-0.2, -0.15) is 0 Å². The Morgan fingerprint density at radius 2 is 2.12 bits per heavy atom. The van der Waals surface area contributed by atoms with Crippen LogP contribution in [0.4, 0.5) is 0 Å². The van der Waals surface area contributed by atoms with Crippen molar-refractivity contribution in [2.75, 3.05) is 11.0 Å². The van der Waals surface area contributed by atoms with E-state index in [1.165, 1.54) is 11.3 Å². The number of aryl methyl sites for hydroxylation is 1. The molecule has 17 heavy (non-hydrogen) atoms. The second-order valence-corrected chi connectivity index (χ2v) is 9.07. The Morgan fingerprint density at radius 3 is 2.65 bits per heavy atom. The Hall–Kier alpha value is 0.820. The van der Waals surface area contributed by atoms with Gasteiger partial charge in [-0.1, -0.05) is 29.0 Å². The van der Waals surface area contributed by atoms with Crippen molar-refractivity contribution in [2.45, 2.75) is 31.1 Å². The predicted octanol–water partition coefficient (Wildman–Crippen LogP) is 3.70. The average Bonchev–Trinajstić information content (AvgIpc) is 2.58. The summed E-state index contributed by atoms with van der Waals surface area (Å²) in [5.74, 6) is 0. The molecule has 1 N–H and O–H groups in total. The van der Waals surface area contributed by atoms with Crippen molar-refractivity contribution in [2.24, 2.45) is 0 Å². The van der Waals surface area contributed by atoms with Gasteiger partial charge in [0.25, 0.3) is 0 Å². The fourth-order valence-electron chi connectivity index (χ4n) is 1.38. The molecule has 1 aromatic heterocycles. The average molecular weight is 452 g/mol. The van der Waals surface area contributed by atoms with E-state index in [-0.39, 0.29) is 0 Å². The lowest BCUT2D eigenvalue weighted by Crippen LogP contribution is -2.24. The molecule has 1 heterocycles. The van der Waals surface area contributed by atoms with E-state index < -0.39 is 10.0 Å². The van der Waals surface area contributed by atoms with E-state index in [2.05, 4.69) is 43.2 Å². The van der Waals surface area contributed by atoms with Crippen molar-refractivity contribution in [3.8, 4) is 0 Å². The number of hydrogen-bond acceptors (Lipinski definition) is 3. The van der Waals surface area contributed by atoms with E-state index in [1.807, 2.05) is 6.92 Å². The third-order valence-electron chi connectivity index (χ3n) is 2.23. The van der Waals surface area contributed by atoms with Crippen LogP contribution in [0.25, 0.3) is 0 Å². The topological polar surface area (TPSA) is 46.2 Å². The van der Waals surface area contributed by atoms with Gasteiger partial charge < -0.3 is 0 Å². The number of rotatable bonds is 7. The zero-order valence-electron chi connectivity index (χ0n) is 9.50. The highest BCUT2D eigenvalue weighted by Crippen LogP contribution is 2.29. The van der Waals surface area contributed by atoms with Crippen LogP contribution in [0.2, 0.25) is 0 Å². The molecule has 0 radical (unpaired) electrons. The molecule has 0 aliphatic heterocycles. The van der Waals surface area contributed by atoms with Crippen LogP contribution in [0.3, 0.4) is 0 Å². The molecule has 0 aliphatic rings. The SMILES string of the molecule is Cc1sc(Br)cc1S(=O)(=O)NCCCCCI. The number of alkyl halides is 1. The highest BCUT2D eigenvalue weighted by molar-refractivity contribution is 14.1. The molecule has 0 bridgehead atoms. The maximum absolute atomic E-state index is 12.0. The number of halogens is 2. The number of hydrogen-bond donors (Lipinski definition) is 1. The minimum atomic E-state index is -3.33. The van der Waals surface area contributed by atoms with Crippen molar-refractivity contribution in [3.05, 3.63) is 14.7 Å². The van der Waals surface area contributed by atoms with Crippen LogP contribution in [-0.2, 0) is 10.0 Å². The normalized spacial score (nSPS) is 11.9. The smallest absolute Gasteiger partial charge is 0.211 e. The van der Waals surface area contributed by atoms with Gasteiger partial charge in [-0.15, -0.1) is 11.3 Å². The summed E-state index contributed by atoms with van der Waals surface area (Å²) >= 11 is 7.07. The number of nitrogens with one attached hydrogen (secondary N) is 1. The summed E-state index contributed by atoms with van der Waals surface area (Å²) < 4.78 is 28.6. The Kier molecular flexibility index (Phi) is 6.93. The maximum atomic E-state index is 12.0. The minimum absolute atomic E-state index is 0.392. The van der Waals surface area contributed by atoms with Gasteiger partial charge in [-0.3, -0.25) is 0 Å². The van der Waals surface area contributed by atoms with E-state index in [1.54, 1.807) is 6.07 Å². The van der Waals surface area contributed by atoms with Crippen LogP contribution < -0.4 is 4.72 Å². The summed E-state index contributed by atoms with van der Waals surface area (Å²) in [5, 5.41) is 0. The quantitative estimate of drug-likeness (QED) is 0.390. The lowest BCUT2D eigenvalue weighted by atomic mass is 10.3. The first-order chi connectivity index (χ1) is 7.97. The predicted molar refractivity (Wildman–Crippen MR) is 84.7 cm³/mol. The molecule has 0 spiro atoms. The third kappa shape index (κ3) is 5.14. The molecule has 7 heteroatoms. The fraction of sp³-hybridized carbons (Fsp3) is 0.600. The maximum Gasteiger partial charge on any atom is 0.241 e. The first kappa shape index (κ1) is 15.9. The summed E-state index contributed by atoms with van der Waals surface area (Å²) in [6.45, 7) is 2.34. The first-order valence-corrected chi connectivity index (χ1v) is 9.91. The van der Waals surface area contributed by atoms with E-state index >= 15 is 0 Å². The number of thiophene rings is 1. The van der Waals surface area contributed by atoms with Gasteiger partial charge in [0.05, 0.1) is 8.68 Å². The molecule has 0 aliphatic carbocycles. The molecule has 0 saturated heterocycles. The van der Waals surface area contributed by atoms with E-state index in [4.69, 9.17) is 0 Å². The summed E-state index contributed by atoms with van der Waals surface area (Å²) in [6.07, 6.45) is 3.11. The fourth-order valence-corrected chi connectivity index (χ4v) is 5.40. The van der Waals surface area contributed by atoms with Crippen molar-refractivity contribution >= 4 is 59.9 Å². The van der Waals surface area contributed by atoms with Crippen LogP contribution in [0.1, 0.15) is 24.1 Å². The van der Waals surface area contributed by atoms with E-state index in [9.17, 15) is 8.42 Å². The Bertz CT molecular complexity index is 459. The molecule has 0 atom stereocenters. The zero-order chi connectivity index (χ0) is 12.9. The Morgan fingerprint density at radius 1 is 1.41 bits per heavy atom. The Labute approximate surface area is 129 Å². The van der Waals surface area contributed by atoms with Gasteiger partial charge in [-0.05, 0) is 46.2 Å². The molecule has 0 saturated carbocycles. The second-order valence-electron chi connectivity index (χ2n) is 3.62. The van der Waals surface area contributed by atoms with Crippen LogP contribution in [0, 0.1) is 6.92 Å². The standard InChI is InChI=1S/C10H15BrINO2S2/c1-8-9(7-10(11)16-8)17(14,15)13-6-4-2-3-5-12/h7,13H,2-6H2,1H3. The molecule has 0 aromatic carbocycles. The molecule has 0 fully saturated rings. The van der Waals surface area contributed by atoms with Crippen LogP contribution in [0.15, 0.2) is 14.7 Å². The molecule has 0 unspecified atom stereocenters. The van der Waals surface area contributed by atoms with Crippen molar-refractivity contribution < 1.29 is 8.42 Å². The lowest BCUT2D eigenvalue weighted by molar-refractivity contribution is 0.576. The van der Waals surface area contributed by atoms with Crippen LogP contribution in [-0.4, -0.2) is 19.4 Å². The van der Waals surface area contributed by atoms with Gasteiger partial charge in [0.1, 0.15) is 0 Å². The van der Waals surface area contributed by atoms with Crippen molar-refractivity contribution in [1.29, 1.82) is 0 Å². The van der Waals surface area contributed by atoms with Crippen molar-refractivity contribution in [3.63, 3.8) is 0 Å². The summed E-state index contributed by atoms with van der Waals surface area (Å²) in [6, 6.07) is 1.66. The molecule has 0 amide bonds. The monoisotopic (exact) mass is 451 g/mol. The number of sulfonamides is 1. The molecular weight excluding hydrogens is 437 g/mol. The molecule has 1 rings (SSSR count). The third-order valence-corrected chi connectivity index (χ3v) is 6.27. The van der Waals surface area contributed by atoms with Gasteiger partial charge in [0.15, 0.2) is 0 Å². The number of unbranched alkanes of at least 4 members (excludes halogenated alkanes) is 2. The second kappa shape index (κ2) is 7.42. The van der Waals surface area contributed by atoms with Crippen LogP contribution in [0.5, 0.6) is 0 Å². The minimum Gasteiger partial charge on any atom is -0.211 e. The van der Waals surface area contributed by atoms with Gasteiger partial charge in [0, 0.05) is 11.4 Å². The van der Waals surface area contributed by atoms with Gasteiger partial charge in [-0.25, -0.2) is 13.1 Å². The van der Waals surface area contributed by atoms with E-state index in [0.717, 1.165) is 32.4 Å². The summed E-state index contributed by atoms with van der Waals surface area (Å²) in [4.78, 5) is 1.21. The Balaban J connectivity index is 2.54. The van der Waals surface area contributed by atoms with Crippen molar-refractivity contribution in [1.82, 2.24) is 4.72 Å². The van der Waals surface area contributed by atoms with Gasteiger partial charge >= 0.3 is 0 Å². The highest BCUT2D eigenvalue weighted by Gasteiger charge is 2.18. The van der Waals surface area contributed by atoms with Gasteiger partial charge in [0.2, 0.25) is 10.0 Å². The molecule has 3 nitrogen and oxygen atoms in total. The van der Waals surface area contributed by atoms with Crippen LogP contribution >= 0.6 is 49.9 Å². The largest absolute Gasteiger partial charge is 0.241 e. The lowest BCUT2D eigenvalue weighted by Gasteiger charge is -2.05. The summed E-state index contributed by atoms with van der Waals surface area (Å²) in [7, 11) is -3.33. The molecule has 1 aromatic rings. The molecular formula is C10H15BrINO2S2. The van der Waals surface area contributed by atoms with E-state index in [0.29, 0.717) is 11.4 Å². The summed E-state index contributed by atoms with van der Waals surface area (Å²) in [5.41, 5.74) is 0. The zero-order valence-corrected chi connectivity index (χ0v) is 14.9. The first-order valence-electron chi connectivity index (χ1n) is 5.29. The molecule has 98 valence electrons.